The molecule has 1 aromatic rings. The molecule has 0 saturated carbocycles. The standard InChI is InChI=1S/C16H26N4O/c1-12(2)14(21)13-10-17-15(18-11-13)19-6-8-20(9-7-19)16(3,4)5/h10-12H,6-9H2,1-5H3. The predicted molar refractivity (Wildman–Crippen MR) is 84.7 cm³/mol. The van der Waals surface area contributed by atoms with Crippen LogP contribution in [0.15, 0.2) is 12.4 Å². The van der Waals surface area contributed by atoms with Crippen LogP contribution in [0.25, 0.3) is 0 Å². The first-order valence-electron chi connectivity index (χ1n) is 7.65. The molecule has 0 aliphatic carbocycles. The summed E-state index contributed by atoms with van der Waals surface area (Å²) in [5.41, 5.74) is 0.808. The summed E-state index contributed by atoms with van der Waals surface area (Å²) in [7, 11) is 0. The Bertz CT molecular complexity index is 482. The number of aromatic nitrogens is 2. The van der Waals surface area contributed by atoms with Crippen LogP contribution < -0.4 is 4.90 Å². The fourth-order valence-corrected chi connectivity index (χ4v) is 2.52. The Hall–Kier alpha value is -1.49. The van der Waals surface area contributed by atoms with Crippen molar-refractivity contribution in [3.63, 3.8) is 0 Å². The number of ketones is 1. The van der Waals surface area contributed by atoms with Gasteiger partial charge in [-0.15, -0.1) is 0 Å². The van der Waals surface area contributed by atoms with E-state index in [0.717, 1.165) is 32.1 Å². The van der Waals surface area contributed by atoms with Gasteiger partial charge in [0, 0.05) is 50.0 Å². The van der Waals surface area contributed by atoms with Gasteiger partial charge in [-0.2, -0.15) is 0 Å². The number of Topliss-reactive ketones (excluding diaryl/α,β-unsaturated/α-hetero) is 1. The van der Waals surface area contributed by atoms with Crippen LogP contribution in [-0.4, -0.2) is 52.4 Å². The quantitative estimate of drug-likeness (QED) is 0.799. The summed E-state index contributed by atoms with van der Waals surface area (Å²) in [5.74, 6) is 0.803. The zero-order valence-electron chi connectivity index (χ0n) is 13.8. The van der Waals surface area contributed by atoms with Crippen molar-refractivity contribution < 1.29 is 4.79 Å². The lowest BCUT2D eigenvalue weighted by atomic mass is 10.0. The molecule has 0 spiro atoms. The van der Waals surface area contributed by atoms with E-state index in [1.54, 1.807) is 12.4 Å². The first kappa shape index (κ1) is 15.9. The number of hydrogen-bond donors (Lipinski definition) is 0. The fraction of sp³-hybridized carbons (Fsp3) is 0.688. The van der Waals surface area contributed by atoms with E-state index in [1.165, 1.54) is 0 Å². The number of piperazine rings is 1. The minimum absolute atomic E-state index is 0.0187. The largest absolute Gasteiger partial charge is 0.338 e. The van der Waals surface area contributed by atoms with E-state index in [0.29, 0.717) is 5.56 Å². The number of hydrogen-bond acceptors (Lipinski definition) is 5. The Labute approximate surface area is 127 Å². The Balaban J connectivity index is 2.00. The second-order valence-electron chi connectivity index (χ2n) is 6.94. The van der Waals surface area contributed by atoms with Crippen molar-refractivity contribution in [1.29, 1.82) is 0 Å². The highest BCUT2D eigenvalue weighted by atomic mass is 16.1. The van der Waals surface area contributed by atoms with Crippen LogP contribution in [0, 0.1) is 5.92 Å². The molecule has 1 aliphatic rings. The van der Waals surface area contributed by atoms with Crippen molar-refractivity contribution in [1.82, 2.24) is 14.9 Å². The highest BCUT2D eigenvalue weighted by Gasteiger charge is 2.26. The van der Waals surface area contributed by atoms with E-state index in [9.17, 15) is 4.79 Å². The molecule has 2 heterocycles. The third kappa shape index (κ3) is 3.79. The lowest BCUT2D eigenvalue weighted by molar-refractivity contribution is 0.0938. The van der Waals surface area contributed by atoms with Crippen LogP contribution in [0.5, 0.6) is 0 Å². The molecule has 0 amide bonds. The molecule has 5 heteroatoms. The third-order valence-electron chi connectivity index (χ3n) is 3.96. The summed E-state index contributed by atoms with van der Waals surface area (Å²) in [6, 6.07) is 0. The van der Waals surface area contributed by atoms with Gasteiger partial charge >= 0.3 is 0 Å². The zero-order chi connectivity index (χ0) is 15.6. The van der Waals surface area contributed by atoms with Crippen molar-refractivity contribution >= 4 is 11.7 Å². The molecule has 1 aliphatic heterocycles. The van der Waals surface area contributed by atoms with E-state index in [-0.39, 0.29) is 17.2 Å². The first-order chi connectivity index (χ1) is 9.79. The predicted octanol–water partition coefficient (Wildman–Crippen LogP) is 2.24. The SMILES string of the molecule is CC(C)C(=O)c1cnc(N2CCN(C(C)(C)C)CC2)nc1. The maximum atomic E-state index is 11.9. The van der Waals surface area contributed by atoms with Gasteiger partial charge in [0.15, 0.2) is 5.78 Å². The van der Waals surface area contributed by atoms with Gasteiger partial charge < -0.3 is 4.90 Å². The Morgan fingerprint density at radius 3 is 2.05 bits per heavy atom. The van der Waals surface area contributed by atoms with E-state index >= 15 is 0 Å². The molecule has 0 atom stereocenters. The maximum absolute atomic E-state index is 11.9. The smallest absolute Gasteiger partial charge is 0.225 e. The van der Waals surface area contributed by atoms with Crippen molar-refractivity contribution in [2.24, 2.45) is 5.92 Å². The molecule has 2 rings (SSSR count). The fourth-order valence-electron chi connectivity index (χ4n) is 2.52. The van der Waals surface area contributed by atoms with Crippen molar-refractivity contribution in [2.45, 2.75) is 40.2 Å². The Morgan fingerprint density at radius 1 is 1.10 bits per heavy atom. The third-order valence-corrected chi connectivity index (χ3v) is 3.96. The summed E-state index contributed by atoms with van der Waals surface area (Å²) in [6.45, 7) is 14.4. The van der Waals surface area contributed by atoms with Gasteiger partial charge in [-0.05, 0) is 20.8 Å². The first-order valence-corrected chi connectivity index (χ1v) is 7.65. The minimum Gasteiger partial charge on any atom is -0.338 e. The van der Waals surface area contributed by atoms with E-state index in [2.05, 4.69) is 40.5 Å². The molecule has 116 valence electrons. The average molecular weight is 290 g/mol. The van der Waals surface area contributed by atoms with E-state index in [4.69, 9.17) is 0 Å². The van der Waals surface area contributed by atoms with Crippen LogP contribution in [0.4, 0.5) is 5.95 Å². The normalized spacial score (nSPS) is 17.3. The number of rotatable bonds is 3. The van der Waals surface area contributed by atoms with Crippen LogP contribution in [0.3, 0.4) is 0 Å². The van der Waals surface area contributed by atoms with Crippen molar-refractivity contribution in [3.8, 4) is 0 Å². The molecule has 0 radical (unpaired) electrons. The number of nitrogens with zero attached hydrogens (tertiary/aromatic N) is 4. The molecular weight excluding hydrogens is 264 g/mol. The molecule has 0 unspecified atom stereocenters. The van der Waals surface area contributed by atoms with Crippen molar-refractivity contribution in [2.75, 3.05) is 31.1 Å². The van der Waals surface area contributed by atoms with Gasteiger partial charge in [-0.3, -0.25) is 9.69 Å². The van der Waals surface area contributed by atoms with E-state index < -0.39 is 0 Å². The van der Waals surface area contributed by atoms with Gasteiger partial charge in [0.2, 0.25) is 5.95 Å². The second-order valence-corrected chi connectivity index (χ2v) is 6.94. The number of carbonyl (C=O) groups is 1. The van der Waals surface area contributed by atoms with Crippen LogP contribution in [0.2, 0.25) is 0 Å². The molecule has 5 nitrogen and oxygen atoms in total. The van der Waals surface area contributed by atoms with Gasteiger partial charge in [-0.1, -0.05) is 13.8 Å². The highest BCUT2D eigenvalue weighted by molar-refractivity contribution is 5.96. The second kappa shape index (κ2) is 6.10. The zero-order valence-corrected chi connectivity index (χ0v) is 13.8. The monoisotopic (exact) mass is 290 g/mol. The molecule has 0 aromatic carbocycles. The Morgan fingerprint density at radius 2 is 1.62 bits per heavy atom. The molecule has 1 aromatic heterocycles. The van der Waals surface area contributed by atoms with Crippen molar-refractivity contribution in [3.05, 3.63) is 18.0 Å². The van der Waals surface area contributed by atoms with Gasteiger partial charge in [0.25, 0.3) is 0 Å². The summed E-state index contributed by atoms with van der Waals surface area (Å²) < 4.78 is 0. The number of anilines is 1. The minimum atomic E-state index is -0.0187. The molecule has 1 saturated heterocycles. The molecule has 1 fully saturated rings. The maximum Gasteiger partial charge on any atom is 0.225 e. The molecule has 0 bridgehead atoms. The van der Waals surface area contributed by atoms with Crippen LogP contribution >= 0.6 is 0 Å². The molecular formula is C16H26N4O. The molecule has 21 heavy (non-hydrogen) atoms. The van der Waals surface area contributed by atoms with Gasteiger partial charge in [-0.25, -0.2) is 9.97 Å². The van der Waals surface area contributed by atoms with Crippen LogP contribution in [-0.2, 0) is 0 Å². The summed E-state index contributed by atoms with van der Waals surface area (Å²) in [5, 5.41) is 0. The lowest BCUT2D eigenvalue weighted by Crippen LogP contribution is -2.53. The Kier molecular flexibility index (Phi) is 4.61. The summed E-state index contributed by atoms with van der Waals surface area (Å²) in [4.78, 5) is 25.3. The summed E-state index contributed by atoms with van der Waals surface area (Å²) in [6.07, 6.45) is 3.31. The topological polar surface area (TPSA) is 49.3 Å². The highest BCUT2D eigenvalue weighted by Crippen LogP contribution is 2.18. The lowest BCUT2D eigenvalue weighted by Gasteiger charge is -2.42. The van der Waals surface area contributed by atoms with Crippen LogP contribution in [0.1, 0.15) is 45.0 Å². The average Bonchev–Trinajstić information content (AvgIpc) is 2.46. The molecule has 0 N–H and O–H groups in total. The summed E-state index contributed by atoms with van der Waals surface area (Å²) >= 11 is 0. The van der Waals surface area contributed by atoms with Gasteiger partial charge in [0.05, 0.1) is 5.56 Å². The van der Waals surface area contributed by atoms with E-state index in [1.807, 2.05) is 13.8 Å². The number of carbonyl (C=O) groups excluding carboxylic acids is 1. The van der Waals surface area contributed by atoms with Gasteiger partial charge in [0.1, 0.15) is 0 Å².